The first-order valence-corrected chi connectivity index (χ1v) is 10.3. The molecule has 3 aromatic carbocycles. The minimum Gasteiger partial charge on any atom is -0.489 e. The van der Waals surface area contributed by atoms with Gasteiger partial charge in [0.1, 0.15) is 12.4 Å². The zero-order valence-electron chi connectivity index (χ0n) is 14.7. The Morgan fingerprint density at radius 3 is 2.57 bits per heavy atom. The second-order valence-electron chi connectivity index (χ2n) is 6.09. The Hall–Kier alpha value is -2.53. The van der Waals surface area contributed by atoms with Gasteiger partial charge in [0.15, 0.2) is 5.13 Å². The third-order valence-corrected chi connectivity index (χ3v) is 5.55. The van der Waals surface area contributed by atoms with E-state index in [0.717, 1.165) is 33.4 Å². The lowest BCUT2D eigenvalue weighted by atomic mass is 10.2. The first-order valence-electron chi connectivity index (χ1n) is 8.62. The van der Waals surface area contributed by atoms with Crippen LogP contribution in [0.3, 0.4) is 0 Å². The molecule has 0 fully saturated rings. The van der Waals surface area contributed by atoms with E-state index in [-0.39, 0.29) is 0 Å². The molecule has 140 valence electrons. The summed E-state index contributed by atoms with van der Waals surface area (Å²) in [5, 5.41) is 7.16. The number of aromatic nitrogens is 1. The van der Waals surface area contributed by atoms with Crippen LogP contribution in [-0.2, 0) is 6.61 Å². The first kappa shape index (κ1) is 18.8. The molecule has 0 unspecified atom stereocenters. The minimum atomic E-state index is 0.518. The zero-order valence-corrected chi connectivity index (χ0v) is 17.1. The molecule has 1 heterocycles. The minimum absolute atomic E-state index is 0.518. The molecule has 28 heavy (non-hydrogen) atoms. The summed E-state index contributed by atoms with van der Waals surface area (Å²) in [6.45, 7) is 0.531. The molecule has 0 bridgehead atoms. The Kier molecular flexibility index (Phi) is 5.81. The van der Waals surface area contributed by atoms with E-state index in [0.29, 0.717) is 16.7 Å². The molecule has 1 aromatic heterocycles. The van der Waals surface area contributed by atoms with E-state index in [2.05, 4.69) is 10.3 Å². The fraction of sp³-hybridized carbons (Fsp3) is 0.0455. The van der Waals surface area contributed by atoms with Crippen LogP contribution in [-0.4, -0.2) is 4.98 Å². The van der Waals surface area contributed by atoms with Crippen molar-refractivity contribution in [2.45, 2.75) is 6.61 Å². The zero-order chi connectivity index (χ0) is 19.3. The van der Waals surface area contributed by atoms with Gasteiger partial charge >= 0.3 is 0 Å². The van der Waals surface area contributed by atoms with Crippen LogP contribution in [0.5, 0.6) is 5.75 Å². The van der Waals surface area contributed by atoms with Gasteiger partial charge in [-0.1, -0.05) is 65.7 Å². The van der Waals surface area contributed by atoms with E-state index in [1.165, 1.54) is 11.3 Å². The number of benzene rings is 3. The van der Waals surface area contributed by atoms with Gasteiger partial charge in [-0.25, -0.2) is 4.98 Å². The van der Waals surface area contributed by atoms with Crippen LogP contribution < -0.4 is 10.1 Å². The summed E-state index contributed by atoms with van der Waals surface area (Å²) in [5.74, 6) is 0.801. The van der Waals surface area contributed by atoms with Gasteiger partial charge in [-0.3, -0.25) is 0 Å². The number of ether oxygens (including phenoxy) is 1. The number of nitrogens with zero attached hydrogens (tertiary/aromatic N) is 1. The first-order chi connectivity index (χ1) is 13.7. The second-order valence-corrected chi connectivity index (χ2v) is 7.77. The van der Waals surface area contributed by atoms with Gasteiger partial charge in [0.25, 0.3) is 0 Å². The molecule has 0 aliphatic heterocycles. The lowest BCUT2D eigenvalue weighted by Crippen LogP contribution is -1.96. The predicted molar refractivity (Wildman–Crippen MR) is 118 cm³/mol. The highest BCUT2D eigenvalue weighted by molar-refractivity contribution is 7.14. The number of hydrogen-bond acceptors (Lipinski definition) is 4. The number of halogens is 2. The van der Waals surface area contributed by atoms with Crippen molar-refractivity contribution in [3.63, 3.8) is 0 Å². The molecule has 4 rings (SSSR count). The monoisotopic (exact) mass is 426 g/mol. The maximum absolute atomic E-state index is 6.11. The largest absolute Gasteiger partial charge is 0.489 e. The van der Waals surface area contributed by atoms with Crippen LogP contribution >= 0.6 is 34.5 Å². The summed E-state index contributed by atoms with van der Waals surface area (Å²) in [6.07, 6.45) is 0. The van der Waals surface area contributed by atoms with Crippen molar-refractivity contribution in [2.75, 3.05) is 5.32 Å². The molecular weight excluding hydrogens is 411 g/mol. The van der Waals surface area contributed by atoms with Crippen molar-refractivity contribution in [3.8, 4) is 17.0 Å². The number of thiazole rings is 1. The van der Waals surface area contributed by atoms with Crippen molar-refractivity contribution in [2.24, 2.45) is 0 Å². The highest BCUT2D eigenvalue weighted by atomic mass is 35.5. The van der Waals surface area contributed by atoms with Gasteiger partial charge < -0.3 is 10.1 Å². The average Bonchev–Trinajstić information content (AvgIpc) is 3.18. The second kappa shape index (κ2) is 8.65. The van der Waals surface area contributed by atoms with Crippen molar-refractivity contribution in [1.82, 2.24) is 4.98 Å². The molecule has 0 saturated heterocycles. The average molecular weight is 427 g/mol. The lowest BCUT2D eigenvalue weighted by Gasteiger charge is -2.08. The molecule has 0 amide bonds. The molecule has 6 heteroatoms. The third kappa shape index (κ3) is 4.65. The van der Waals surface area contributed by atoms with Crippen LogP contribution in [0, 0.1) is 0 Å². The summed E-state index contributed by atoms with van der Waals surface area (Å²) in [4.78, 5) is 4.63. The van der Waals surface area contributed by atoms with Crippen LogP contribution in [0.4, 0.5) is 10.8 Å². The van der Waals surface area contributed by atoms with Crippen LogP contribution in [0.25, 0.3) is 11.3 Å². The van der Waals surface area contributed by atoms with Crippen molar-refractivity contribution < 1.29 is 4.74 Å². The predicted octanol–water partition coefficient (Wildman–Crippen LogP) is 7.44. The van der Waals surface area contributed by atoms with E-state index in [1.807, 2.05) is 72.1 Å². The van der Waals surface area contributed by atoms with E-state index in [9.17, 15) is 0 Å². The quantitative estimate of drug-likeness (QED) is 0.347. The number of anilines is 2. The Bertz CT molecular complexity index is 1080. The summed E-state index contributed by atoms with van der Waals surface area (Å²) < 4.78 is 5.89. The van der Waals surface area contributed by atoms with E-state index in [4.69, 9.17) is 27.9 Å². The summed E-state index contributed by atoms with van der Waals surface area (Å²) in [6, 6.07) is 23.4. The van der Waals surface area contributed by atoms with E-state index >= 15 is 0 Å². The number of rotatable bonds is 6. The van der Waals surface area contributed by atoms with Gasteiger partial charge in [-0.05, 0) is 29.8 Å². The molecule has 3 nitrogen and oxygen atoms in total. The van der Waals surface area contributed by atoms with Crippen LogP contribution in [0.2, 0.25) is 10.0 Å². The molecule has 0 spiro atoms. The fourth-order valence-electron chi connectivity index (χ4n) is 2.65. The molecular formula is C22H16Cl2N2OS. The van der Waals surface area contributed by atoms with Crippen LogP contribution in [0.15, 0.2) is 78.2 Å². The van der Waals surface area contributed by atoms with Crippen molar-refractivity contribution >= 4 is 45.4 Å². The van der Waals surface area contributed by atoms with E-state index < -0.39 is 0 Å². The molecule has 0 atom stereocenters. The van der Waals surface area contributed by atoms with Crippen LogP contribution in [0.1, 0.15) is 5.56 Å². The summed E-state index contributed by atoms with van der Waals surface area (Å²) in [5.41, 5.74) is 3.83. The van der Waals surface area contributed by atoms with Gasteiger partial charge in [-0.15, -0.1) is 11.3 Å². The molecule has 1 N–H and O–H groups in total. The standard InChI is InChI=1S/C22H16Cl2N2OS/c23-19-10-9-16(11-20(19)24)21-14-28-22(26-21)25-17-7-4-8-18(12-17)27-13-15-5-2-1-3-6-15/h1-12,14H,13H2,(H,25,26). The highest BCUT2D eigenvalue weighted by Gasteiger charge is 2.08. The third-order valence-electron chi connectivity index (χ3n) is 4.05. The van der Waals surface area contributed by atoms with Crippen molar-refractivity contribution in [1.29, 1.82) is 0 Å². The number of nitrogens with one attached hydrogen (secondary N) is 1. The topological polar surface area (TPSA) is 34.1 Å². The van der Waals surface area contributed by atoms with E-state index in [1.54, 1.807) is 6.07 Å². The fourth-order valence-corrected chi connectivity index (χ4v) is 3.69. The van der Waals surface area contributed by atoms with Gasteiger partial charge in [0, 0.05) is 22.7 Å². The molecule has 4 aromatic rings. The Morgan fingerprint density at radius 2 is 1.75 bits per heavy atom. The van der Waals surface area contributed by atoms with Gasteiger partial charge in [0.05, 0.1) is 15.7 Å². The Labute approximate surface area is 177 Å². The normalized spacial score (nSPS) is 10.6. The smallest absolute Gasteiger partial charge is 0.187 e. The SMILES string of the molecule is Clc1ccc(-c2csc(Nc3cccc(OCc4ccccc4)c3)n2)cc1Cl. The Morgan fingerprint density at radius 1 is 0.893 bits per heavy atom. The van der Waals surface area contributed by atoms with Gasteiger partial charge in [-0.2, -0.15) is 0 Å². The molecule has 0 radical (unpaired) electrons. The Balaban J connectivity index is 1.44. The number of hydrogen-bond donors (Lipinski definition) is 1. The molecule has 0 aliphatic rings. The van der Waals surface area contributed by atoms with Crippen molar-refractivity contribution in [3.05, 3.63) is 93.8 Å². The highest BCUT2D eigenvalue weighted by Crippen LogP contribution is 2.32. The maximum Gasteiger partial charge on any atom is 0.187 e. The summed E-state index contributed by atoms with van der Waals surface area (Å²) >= 11 is 13.6. The lowest BCUT2D eigenvalue weighted by molar-refractivity contribution is 0.306. The molecule has 0 saturated carbocycles. The summed E-state index contributed by atoms with van der Waals surface area (Å²) in [7, 11) is 0. The maximum atomic E-state index is 6.11. The van der Waals surface area contributed by atoms with Gasteiger partial charge in [0.2, 0.25) is 0 Å². The molecule has 0 aliphatic carbocycles.